The fourth-order valence-corrected chi connectivity index (χ4v) is 5.41. The van der Waals surface area contributed by atoms with Gasteiger partial charge in [0.05, 0.1) is 41.3 Å². The van der Waals surface area contributed by atoms with Crippen molar-refractivity contribution in [2.24, 2.45) is 4.99 Å². The van der Waals surface area contributed by atoms with Crippen molar-refractivity contribution < 1.29 is 14.6 Å². The molecule has 0 aromatic carbocycles. The molecule has 1 fully saturated rings. The summed E-state index contributed by atoms with van der Waals surface area (Å²) in [6.45, 7) is 3.10. The number of ether oxygens (including phenoxy) is 1. The molecule has 4 aliphatic rings. The van der Waals surface area contributed by atoms with E-state index in [1.54, 1.807) is 13.3 Å². The van der Waals surface area contributed by atoms with Crippen molar-refractivity contribution in [3.8, 4) is 0 Å². The van der Waals surface area contributed by atoms with E-state index in [0.29, 0.717) is 36.6 Å². The third-order valence-electron chi connectivity index (χ3n) is 6.54. The molecule has 10 heteroatoms. The van der Waals surface area contributed by atoms with Gasteiger partial charge in [0.2, 0.25) is 5.91 Å². The van der Waals surface area contributed by atoms with E-state index in [9.17, 15) is 9.90 Å². The normalized spacial score (nSPS) is 23.5. The number of nitrogens with one attached hydrogen (secondary N) is 3. The lowest BCUT2D eigenvalue weighted by atomic mass is 9.93. The van der Waals surface area contributed by atoms with Crippen LogP contribution in [-0.2, 0) is 16.1 Å². The first-order valence-corrected chi connectivity index (χ1v) is 12.6. The van der Waals surface area contributed by atoms with Gasteiger partial charge in [0.15, 0.2) is 5.88 Å². The zero-order chi connectivity index (χ0) is 23.5. The summed E-state index contributed by atoms with van der Waals surface area (Å²) in [6.07, 6.45) is 8.87. The predicted molar refractivity (Wildman–Crippen MR) is 133 cm³/mol. The van der Waals surface area contributed by atoms with Gasteiger partial charge in [-0.1, -0.05) is 0 Å². The molecule has 0 spiro atoms. The number of carbonyl (C=O) groups is 1. The fourth-order valence-electron chi connectivity index (χ4n) is 4.65. The van der Waals surface area contributed by atoms with Crippen LogP contribution in [0.25, 0.3) is 0 Å². The fraction of sp³-hybridized carbons (Fsp3) is 0.458. The maximum atomic E-state index is 11.6. The summed E-state index contributed by atoms with van der Waals surface area (Å²) in [5.74, 6) is 1.79. The van der Waals surface area contributed by atoms with Gasteiger partial charge in [0.1, 0.15) is 5.82 Å². The van der Waals surface area contributed by atoms with Crippen LogP contribution in [-0.4, -0.2) is 77.8 Å². The molecule has 1 unspecified atom stereocenters. The Kier molecular flexibility index (Phi) is 7.00. The quantitative estimate of drug-likeness (QED) is 0.462. The third-order valence-corrected chi connectivity index (χ3v) is 7.59. The number of amides is 1. The van der Waals surface area contributed by atoms with Crippen molar-refractivity contribution in [1.29, 1.82) is 0 Å². The minimum Gasteiger partial charge on any atom is -0.482 e. The van der Waals surface area contributed by atoms with Gasteiger partial charge < -0.3 is 30.7 Å². The van der Waals surface area contributed by atoms with Gasteiger partial charge in [0.25, 0.3) is 0 Å². The Morgan fingerprint density at radius 1 is 1.29 bits per heavy atom. The highest BCUT2D eigenvalue weighted by Crippen LogP contribution is 2.30. The molecule has 34 heavy (non-hydrogen) atoms. The third kappa shape index (κ3) is 5.20. The number of dihydropyridines is 2. The van der Waals surface area contributed by atoms with Crippen LogP contribution in [0.2, 0.25) is 0 Å². The molecule has 9 nitrogen and oxygen atoms in total. The molecule has 4 aliphatic heterocycles. The highest BCUT2D eigenvalue weighted by molar-refractivity contribution is 8.00. The highest BCUT2D eigenvalue weighted by Gasteiger charge is 2.30. The number of methoxy groups -OCH3 is 1. The lowest BCUT2D eigenvalue weighted by molar-refractivity contribution is -0.113. The average Bonchev–Trinajstić information content (AvgIpc) is 2.87. The number of β-amino-alcohol motifs (C(OH)–C–C–N with tert-alkyl or cyclic N) is 1. The molecule has 2 atom stereocenters. The van der Waals surface area contributed by atoms with Gasteiger partial charge in [-0.15, -0.1) is 11.8 Å². The first kappa shape index (κ1) is 23.1. The Hall–Kier alpha value is -2.66. The topological polar surface area (TPSA) is 111 Å². The van der Waals surface area contributed by atoms with Crippen LogP contribution in [0.5, 0.6) is 0 Å². The number of likely N-dealkylation sites (tertiary alicyclic amines) is 1. The maximum Gasteiger partial charge on any atom is 0.235 e. The first-order chi connectivity index (χ1) is 16.6. The van der Waals surface area contributed by atoms with Crippen LogP contribution in [0.1, 0.15) is 18.5 Å². The standard InChI is InChI=1S/C24H30N6O3S/c1-33-22-5-3-18-23(29-22)17(6-9-25-18)19(31)13-30-10-7-15(8-11-30)26-12-16-2-4-20-24(27-16)28-21(32)14-34-20/h2-6,9,15,19,23,26,29,31H,7-8,10-14H2,1H3,(H,27,28,32)/t19-,23?/m0/s1. The molecule has 0 saturated carbocycles. The Balaban J connectivity index is 1.09. The maximum absolute atomic E-state index is 11.6. The number of rotatable bonds is 7. The van der Waals surface area contributed by atoms with Crippen molar-refractivity contribution in [3.63, 3.8) is 0 Å². The number of hydrogen-bond donors (Lipinski definition) is 4. The van der Waals surface area contributed by atoms with Crippen LogP contribution >= 0.6 is 11.8 Å². The molecule has 180 valence electrons. The summed E-state index contributed by atoms with van der Waals surface area (Å²) in [5.41, 5.74) is 2.72. The highest BCUT2D eigenvalue weighted by atomic mass is 32.2. The molecular weight excluding hydrogens is 452 g/mol. The number of aliphatic hydroxyl groups is 1. The summed E-state index contributed by atoms with van der Waals surface area (Å²) in [4.78, 5) is 24.0. The molecule has 1 amide bonds. The van der Waals surface area contributed by atoms with Gasteiger partial charge in [-0.2, -0.15) is 0 Å². The van der Waals surface area contributed by atoms with Crippen LogP contribution in [0.4, 0.5) is 5.82 Å². The first-order valence-electron chi connectivity index (χ1n) is 11.6. The van der Waals surface area contributed by atoms with Gasteiger partial charge in [-0.3, -0.25) is 9.79 Å². The van der Waals surface area contributed by atoms with E-state index in [4.69, 9.17) is 4.74 Å². The molecular formula is C24H30N6O3S. The molecule has 0 radical (unpaired) electrons. The predicted octanol–water partition coefficient (Wildman–Crippen LogP) is 1.39. The second-order valence-electron chi connectivity index (χ2n) is 8.81. The zero-order valence-electron chi connectivity index (χ0n) is 19.2. The minimum absolute atomic E-state index is 0.00283. The second-order valence-corrected chi connectivity index (χ2v) is 9.82. The van der Waals surface area contributed by atoms with Gasteiger partial charge in [0, 0.05) is 25.3 Å². The van der Waals surface area contributed by atoms with Crippen molar-refractivity contribution in [2.45, 2.75) is 42.5 Å². The number of anilines is 1. The lowest BCUT2D eigenvalue weighted by Gasteiger charge is -2.36. The molecule has 1 saturated heterocycles. The van der Waals surface area contributed by atoms with Crippen LogP contribution < -0.4 is 16.0 Å². The van der Waals surface area contributed by atoms with Crippen LogP contribution in [0, 0.1) is 0 Å². The number of aromatic nitrogens is 1. The molecule has 5 heterocycles. The number of aliphatic hydroxyl groups excluding tert-OH is 1. The molecule has 0 aliphatic carbocycles. The summed E-state index contributed by atoms with van der Waals surface area (Å²) in [5, 5.41) is 20.8. The number of aliphatic imine (C=N–C) groups is 1. The lowest BCUT2D eigenvalue weighted by Crippen LogP contribution is -2.47. The number of carbonyl (C=O) groups excluding carboxylic acids is 1. The number of allylic oxidation sites excluding steroid dienone is 3. The Morgan fingerprint density at radius 3 is 2.97 bits per heavy atom. The van der Waals surface area contributed by atoms with Gasteiger partial charge >= 0.3 is 0 Å². The number of nitrogens with zero attached hydrogens (tertiary/aromatic N) is 3. The van der Waals surface area contributed by atoms with E-state index in [0.717, 1.165) is 47.8 Å². The summed E-state index contributed by atoms with van der Waals surface area (Å²) < 4.78 is 5.32. The smallest absolute Gasteiger partial charge is 0.235 e. The minimum atomic E-state index is -0.582. The number of fused-ring (bicyclic) bond motifs is 2. The zero-order valence-corrected chi connectivity index (χ0v) is 20.0. The van der Waals surface area contributed by atoms with E-state index < -0.39 is 6.10 Å². The molecule has 5 rings (SSSR count). The Labute approximate surface area is 203 Å². The summed E-state index contributed by atoms with van der Waals surface area (Å²) in [6, 6.07) is 4.30. The molecule has 4 N–H and O–H groups in total. The number of thioether (sulfide) groups is 1. The van der Waals surface area contributed by atoms with E-state index in [-0.39, 0.29) is 11.9 Å². The molecule has 0 bridgehead atoms. The van der Waals surface area contributed by atoms with Crippen LogP contribution in [0.3, 0.4) is 0 Å². The van der Waals surface area contributed by atoms with Gasteiger partial charge in [-0.05, 0) is 61.9 Å². The second kappa shape index (κ2) is 10.3. The van der Waals surface area contributed by atoms with E-state index in [1.165, 1.54) is 11.8 Å². The van der Waals surface area contributed by atoms with Crippen molar-refractivity contribution in [2.75, 3.05) is 37.8 Å². The monoisotopic (exact) mass is 482 g/mol. The van der Waals surface area contributed by atoms with E-state index in [2.05, 4.69) is 30.8 Å². The SMILES string of the molecule is COC1=CC=C2N=CC=C([C@@H](O)CN3CCC(NCc4ccc5c(n4)NC(=O)CS5)CC3)C2N1. The van der Waals surface area contributed by atoms with E-state index in [1.807, 2.05) is 30.4 Å². The largest absolute Gasteiger partial charge is 0.482 e. The van der Waals surface area contributed by atoms with E-state index >= 15 is 0 Å². The van der Waals surface area contributed by atoms with Crippen molar-refractivity contribution >= 4 is 29.7 Å². The van der Waals surface area contributed by atoms with Crippen molar-refractivity contribution in [1.82, 2.24) is 20.5 Å². The summed E-state index contributed by atoms with van der Waals surface area (Å²) >= 11 is 1.53. The van der Waals surface area contributed by atoms with Crippen LogP contribution in [0.15, 0.2) is 57.4 Å². The molecule has 1 aromatic heterocycles. The summed E-state index contributed by atoms with van der Waals surface area (Å²) in [7, 11) is 1.63. The Morgan fingerprint density at radius 2 is 2.15 bits per heavy atom. The average molecular weight is 483 g/mol. The number of pyridine rings is 1. The Bertz CT molecular complexity index is 1060. The molecule has 1 aromatic rings. The van der Waals surface area contributed by atoms with Crippen molar-refractivity contribution in [3.05, 3.63) is 53.2 Å². The van der Waals surface area contributed by atoms with Gasteiger partial charge in [-0.25, -0.2) is 4.98 Å². The number of piperidine rings is 1. The number of hydrogen-bond acceptors (Lipinski definition) is 9.